The number of thiophene rings is 1. The fourth-order valence-corrected chi connectivity index (χ4v) is 4.98. The van der Waals surface area contributed by atoms with Crippen LogP contribution in [0, 0.1) is 0 Å². The van der Waals surface area contributed by atoms with Crippen molar-refractivity contribution >= 4 is 23.2 Å². The largest absolute Gasteiger partial charge is 0.459 e. The number of hydrogen-bond donors (Lipinski definition) is 1. The van der Waals surface area contributed by atoms with Crippen molar-refractivity contribution in [2.24, 2.45) is 0 Å². The molecule has 0 radical (unpaired) electrons. The summed E-state index contributed by atoms with van der Waals surface area (Å²) in [5.74, 6) is 0.203. The molecular weight excluding hydrogens is 420 g/mol. The van der Waals surface area contributed by atoms with Crippen LogP contribution in [-0.4, -0.2) is 22.8 Å². The summed E-state index contributed by atoms with van der Waals surface area (Å²) < 4.78 is 5.43. The lowest BCUT2D eigenvalue weighted by Gasteiger charge is -2.31. The summed E-state index contributed by atoms with van der Waals surface area (Å²) in [7, 11) is 0. The SMILES string of the molecule is CC(C)c1ccc([C@H](C(=O)NC2CCCC2)N(Cc2cccs2)C(=O)c2ccco2)cc1. The van der Waals surface area contributed by atoms with E-state index in [9.17, 15) is 9.59 Å². The van der Waals surface area contributed by atoms with E-state index in [1.807, 2.05) is 29.6 Å². The first-order valence-corrected chi connectivity index (χ1v) is 12.2. The van der Waals surface area contributed by atoms with Gasteiger partial charge in [0.1, 0.15) is 6.04 Å². The Morgan fingerprint density at radius 1 is 1.06 bits per heavy atom. The molecule has 1 aromatic carbocycles. The molecule has 2 amide bonds. The van der Waals surface area contributed by atoms with Crippen LogP contribution in [-0.2, 0) is 11.3 Å². The van der Waals surface area contributed by atoms with Gasteiger partial charge in [0, 0.05) is 10.9 Å². The Bertz CT molecular complexity index is 1000. The van der Waals surface area contributed by atoms with E-state index in [1.54, 1.807) is 28.4 Å². The van der Waals surface area contributed by atoms with Gasteiger partial charge in [-0.05, 0) is 53.5 Å². The van der Waals surface area contributed by atoms with E-state index in [-0.39, 0.29) is 23.6 Å². The molecule has 1 aliphatic carbocycles. The molecule has 0 unspecified atom stereocenters. The van der Waals surface area contributed by atoms with Gasteiger partial charge in [-0.1, -0.05) is 57.0 Å². The number of nitrogens with zero attached hydrogens (tertiary/aromatic N) is 1. The van der Waals surface area contributed by atoms with Gasteiger partial charge >= 0.3 is 0 Å². The second kappa shape index (κ2) is 10.2. The van der Waals surface area contributed by atoms with Crippen molar-refractivity contribution in [2.45, 2.75) is 64.1 Å². The second-order valence-corrected chi connectivity index (χ2v) is 9.74. The smallest absolute Gasteiger partial charge is 0.290 e. The normalized spacial score (nSPS) is 15.1. The molecule has 1 aliphatic rings. The Labute approximate surface area is 193 Å². The zero-order chi connectivity index (χ0) is 22.5. The molecule has 0 saturated heterocycles. The minimum absolute atomic E-state index is 0.134. The number of carbonyl (C=O) groups excluding carboxylic acids is 2. The maximum absolute atomic E-state index is 13.6. The lowest BCUT2D eigenvalue weighted by atomic mass is 9.97. The van der Waals surface area contributed by atoms with Crippen molar-refractivity contribution < 1.29 is 14.0 Å². The minimum Gasteiger partial charge on any atom is -0.459 e. The summed E-state index contributed by atoms with van der Waals surface area (Å²) in [6, 6.07) is 14.8. The van der Waals surface area contributed by atoms with Crippen LogP contribution in [0.25, 0.3) is 0 Å². The molecule has 0 bridgehead atoms. The number of amides is 2. The van der Waals surface area contributed by atoms with Crippen molar-refractivity contribution in [2.75, 3.05) is 0 Å². The quantitative estimate of drug-likeness (QED) is 0.464. The Balaban J connectivity index is 1.72. The highest BCUT2D eigenvalue weighted by Crippen LogP contribution is 2.29. The van der Waals surface area contributed by atoms with Crippen LogP contribution in [0.5, 0.6) is 0 Å². The number of carbonyl (C=O) groups is 2. The lowest BCUT2D eigenvalue weighted by Crippen LogP contribution is -2.45. The molecule has 32 heavy (non-hydrogen) atoms. The van der Waals surface area contributed by atoms with Crippen LogP contribution in [0.2, 0.25) is 0 Å². The highest BCUT2D eigenvalue weighted by atomic mass is 32.1. The molecule has 1 N–H and O–H groups in total. The van der Waals surface area contributed by atoms with Crippen LogP contribution >= 0.6 is 11.3 Å². The van der Waals surface area contributed by atoms with E-state index in [0.717, 1.165) is 36.1 Å². The number of nitrogens with one attached hydrogen (secondary N) is 1. The van der Waals surface area contributed by atoms with Crippen molar-refractivity contribution in [1.82, 2.24) is 10.2 Å². The monoisotopic (exact) mass is 450 g/mol. The van der Waals surface area contributed by atoms with Crippen LogP contribution in [0.4, 0.5) is 0 Å². The third kappa shape index (κ3) is 5.13. The van der Waals surface area contributed by atoms with E-state index in [1.165, 1.54) is 11.8 Å². The summed E-state index contributed by atoms with van der Waals surface area (Å²) >= 11 is 1.57. The molecule has 0 aliphatic heterocycles. The Hall–Kier alpha value is -2.86. The number of furan rings is 1. The van der Waals surface area contributed by atoms with Gasteiger partial charge in [0.25, 0.3) is 5.91 Å². The number of rotatable bonds is 8. The van der Waals surface area contributed by atoms with Crippen LogP contribution in [0.15, 0.2) is 64.6 Å². The van der Waals surface area contributed by atoms with Crippen molar-refractivity contribution in [3.05, 3.63) is 81.9 Å². The van der Waals surface area contributed by atoms with Crippen LogP contribution in [0.1, 0.15) is 78.0 Å². The van der Waals surface area contributed by atoms with Gasteiger partial charge in [0.2, 0.25) is 5.91 Å². The molecular formula is C26H30N2O3S. The molecule has 5 nitrogen and oxygen atoms in total. The van der Waals surface area contributed by atoms with Gasteiger partial charge in [0.05, 0.1) is 12.8 Å². The molecule has 6 heteroatoms. The first-order valence-electron chi connectivity index (χ1n) is 11.3. The Morgan fingerprint density at radius 2 is 1.78 bits per heavy atom. The number of benzene rings is 1. The van der Waals surface area contributed by atoms with E-state index in [2.05, 4.69) is 31.3 Å². The van der Waals surface area contributed by atoms with Gasteiger partial charge in [-0.3, -0.25) is 9.59 Å². The predicted octanol–water partition coefficient (Wildman–Crippen LogP) is 5.91. The fourth-order valence-electron chi connectivity index (χ4n) is 4.28. The Kier molecular flexibility index (Phi) is 7.10. The van der Waals surface area contributed by atoms with Gasteiger partial charge in [-0.25, -0.2) is 0 Å². The van der Waals surface area contributed by atoms with Gasteiger partial charge in [-0.2, -0.15) is 0 Å². The first kappa shape index (κ1) is 22.3. The van der Waals surface area contributed by atoms with E-state index in [4.69, 9.17) is 4.42 Å². The average molecular weight is 451 g/mol. The minimum atomic E-state index is -0.739. The third-order valence-corrected chi connectivity index (χ3v) is 6.94. The van der Waals surface area contributed by atoms with E-state index < -0.39 is 6.04 Å². The summed E-state index contributed by atoms with van der Waals surface area (Å²) in [4.78, 5) is 29.8. The molecule has 2 aromatic heterocycles. The molecule has 3 aromatic rings. The average Bonchev–Trinajstić information content (AvgIpc) is 3.56. The zero-order valence-electron chi connectivity index (χ0n) is 18.6. The van der Waals surface area contributed by atoms with Crippen molar-refractivity contribution in [3.8, 4) is 0 Å². The molecule has 168 valence electrons. The third-order valence-electron chi connectivity index (χ3n) is 6.08. The lowest BCUT2D eigenvalue weighted by molar-refractivity contribution is -0.126. The molecule has 0 spiro atoms. The summed E-state index contributed by atoms with van der Waals surface area (Å²) in [6.45, 7) is 4.62. The van der Waals surface area contributed by atoms with Crippen LogP contribution in [0.3, 0.4) is 0 Å². The summed E-state index contributed by atoms with van der Waals surface area (Å²) in [5.41, 5.74) is 2.01. The molecule has 1 fully saturated rings. The summed E-state index contributed by atoms with van der Waals surface area (Å²) in [5, 5.41) is 5.20. The van der Waals surface area contributed by atoms with Gasteiger partial charge in [-0.15, -0.1) is 11.3 Å². The fraction of sp³-hybridized carbons (Fsp3) is 0.385. The van der Waals surface area contributed by atoms with E-state index in [0.29, 0.717) is 12.5 Å². The maximum Gasteiger partial charge on any atom is 0.290 e. The van der Waals surface area contributed by atoms with E-state index >= 15 is 0 Å². The van der Waals surface area contributed by atoms with Crippen LogP contribution < -0.4 is 5.32 Å². The first-order chi connectivity index (χ1) is 15.5. The van der Waals surface area contributed by atoms with Crippen molar-refractivity contribution in [3.63, 3.8) is 0 Å². The zero-order valence-corrected chi connectivity index (χ0v) is 19.4. The second-order valence-electron chi connectivity index (χ2n) is 8.70. The predicted molar refractivity (Wildman–Crippen MR) is 127 cm³/mol. The molecule has 1 atom stereocenters. The Morgan fingerprint density at radius 3 is 2.38 bits per heavy atom. The number of hydrogen-bond acceptors (Lipinski definition) is 4. The van der Waals surface area contributed by atoms with Gasteiger partial charge in [0.15, 0.2) is 5.76 Å². The highest BCUT2D eigenvalue weighted by molar-refractivity contribution is 7.09. The molecule has 1 saturated carbocycles. The standard InChI is InChI=1S/C26H30N2O3S/c1-18(2)19-11-13-20(14-12-19)24(25(29)27-21-7-3-4-8-21)28(17-22-9-6-16-32-22)26(30)23-10-5-15-31-23/h5-6,9-16,18,21,24H,3-4,7-8,17H2,1-2H3,(H,27,29)/t24-/m1/s1. The van der Waals surface area contributed by atoms with Gasteiger partial charge < -0.3 is 14.6 Å². The maximum atomic E-state index is 13.6. The molecule has 2 heterocycles. The summed E-state index contributed by atoms with van der Waals surface area (Å²) in [6.07, 6.45) is 5.72. The topological polar surface area (TPSA) is 62.6 Å². The highest BCUT2D eigenvalue weighted by Gasteiger charge is 2.34. The van der Waals surface area contributed by atoms with Crippen molar-refractivity contribution in [1.29, 1.82) is 0 Å². The molecule has 4 rings (SSSR count).